The molecule has 4 heteroatoms. The molecule has 0 spiro atoms. The Morgan fingerprint density at radius 3 is 1.08 bits per heavy atom. The number of rotatable bonds is 6. The minimum atomic E-state index is -1.05. The van der Waals surface area contributed by atoms with E-state index < -0.39 is 20.7 Å². The van der Waals surface area contributed by atoms with E-state index in [1.54, 1.807) is 0 Å². The second-order valence-electron chi connectivity index (χ2n) is 12.4. The highest BCUT2D eigenvalue weighted by Gasteiger charge is 2.57. The zero-order valence-electron chi connectivity index (χ0n) is 26.9. The molecule has 9 rings (SSSR count). The molecule has 0 amide bonds. The monoisotopic (exact) mass is 668 g/mol. The summed E-state index contributed by atoms with van der Waals surface area (Å²) in [4.78, 5) is -0.474. The SMILES string of the molecule is c1ccc(P(c2ccccc2)C2(P(c3ccccc3)c3ccccc3)c3cccc4c3-c3c(cccc32)OCc2cccc(c2)CO4)cc1. The predicted molar refractivity (Wildman–Crippen MR) is 206 cm³/mol. The van der Waals surface area contributed by atoms with Gasteiger partial charge in [0.05, 0.1) is 4.90 Å². The first-order chi connectivity index (χ1) is 24.3. The van der Waals surface area contributed by atoms with E-state index in [0.29, 0.717) is 13.2 Å². The minimum absolute atomic E-state index is 0.474. The number of benzene rings is 7. The second-order valence-corrected chi connectivity index (χ2v) is 17.5. The first kappa shape index (κ1) is 30.1. The highest BCUT2D eigenvalue weighted by Crippen LogP contribution is 2.79. The van der Waals surface area contributed by atoms with Gasteiger partial charge in [0.2, 0.25) is 0 Å². The Morgan fingerprint density at radius 2 is 0.714 bits per heavy atom. The fourth-order valence-corrected chi connectivity index (χ4v) is 15.5. The average molecular weight is 669 g/mol. The molecule has 49 heavy (non-hydrogen) atoms. The average Bonchev–Trinajstić information content (AvgIpc) is 3.45. The van der Waals surface area contributed by atoms with Crippen LogP contribution >= 0.6 is 15.8 Å². The molecule has 7 aromatic carbocycles. The Bertz CT molecular complexity index is 2000. The van der Waals surface area contributed by atoms with Crippen LogP contribution in [0.15, 0.2) is 182 Å². The van der Waals surface area contributed by atoms with Crippen LogP contribution in [0.3, 0.4) is 0 Å². The third-order valence-corrected chi connectivity index (χ3v) is 16.3. The molecule has 0 saturated heterocycles. The molecule has 7 aromatic rings. The molecular formula is C45H34O2P2. The third kappa shape index (κ3) is 5.10. The van der Waals surface area contributed by atoms with Crippen molar-refractivity contribution in [3.63, 3.8) is 0 Å². The topological polar surface area (TPSA) is 18.5 Å². The van der Waals surface area contributed by atoms with Crippen molar-refractivity contribution in [1.29, 1.82) is 0 Å². The molecule has 1 heterocycles. The van der Waals surface area contributed by atoms with Gasteiger partial charge < -0.3 is 9.47 Å². The van der Waals surface area contributed by atoms with Gasteiger partial charge >= 0.3 is 0 Å². The maximum atomic E-state index is 6.86. The summed E-state index contributed by atoms with van der Waals surface area (Å²) >= 11 is 0. The Hall–Kier alpha value is -5.00. The lowest BCUT2D eigenvalue weighted by molar-refractivity contribution is 0.305. The standard InChI is InChI=1S/C45H34O2P2/c1-5-18-35(19-6-1)48(36-20-7-2-8-21-36)45(49(37-22-9-3-10-23-37)38-24-11-4-12-25-38)39-26-14-28-41-43(39)44-40(45)27-15-29-42(44)47-32-34-17-13-16-33(30-34)31-46-41/h1-30H,31-32H2. The molecule has 0 unspecified atom stereocenters. The Kier molecular flexibility index (Phi) is 7.86. The lowest BCUT2D eigenvalue weighted by atomic mass is 10.0. The van der Waals surface area contributed by atoms with Crippen LogP contribution in [0, 0.1) is 0 Å². The fraction of sp³-hybridized carbons (Fsp3) is 0.0667. The van der Waals surface area contributed by atoms with Crippen LogP contribution in [-0.4, -0.2) is 0 Å². The van der Waals surface area contributed by atoms with E-state index in [4.69, 9.17) is 9.47 Å². The van der Waals surface area contributed by atoms with E-state index in [1.165, 1.54) is 32.3 Å². The largest absolute Gasteiger partial charge is 0.488 e. The molecule has 1 aliphatic carbocycles. The second kappa shape index (κ2) is 12.8. The Balaban J connectivity index is 1.46. The highest BCUT2D eigenvalue weighted by atomic mass is 31.2. The normalized spacial score (nSPS) is 14.0. The summed E-state index contributed by atoms with van der Waals surface area (Å²) in [5, 5.41) is 5.37. The van der Waals surface area contributed by atoms with Gasteiger partial charge in [-0.1, -0.05) is 164 Å². The van der Waals surface area contributed by atoms with Gasteiger partial charge in [0.15, 0.2) is 0 Å². The minimum Gasteiger partial charge on any atom is -0.488 e. The van der Waals surface area contributed by atoms with Crippen molar-refractivity contribution in [2.24, 2.45) is 0 Å². The number of fused-ring (bicyclic) bond motifs is 2. The van der Waals surface area contributed by atoms with E-state index in [-0.39, 0.29) is 0 Å². The van der Waals surface area contributed by atoms with E-state index in [2.05, 4.69) is 182 Å². The summed E-state index contributed by atoms with van der Waals surface area (Å²) in [5.74, 6) is 1.80. The number of ether oxygens (including phenoxy) is 2. The van der Waals surface area contributed by atoms with E-state index in [1.807, 2.05) is 0 Å². The maximum absolute atomic E-state index is 6.86. The quantitative estimate of drug-likeness (QED) is 0.164. The summed E-state index contributed by atoms with van der Waals surface area (Å²) < 4.78 is 13.7. The number of hydrogen-bond acceptors (Lipinski definition) is 2. The van der Waals surface area contributed by atoms with Gasteiger partial charge in [0, 0.05) is 11.1 Å². The summed E-state index contributed by atoms with van der Waals surface area (Å²) in [7, 11) is -2.11. The van der Waals surface area contributed by atoms with Gasteiger partial charge in [0.1, 0.15) is 24.7 Å². The molecular weight excluding hydrogens is 634 g/mol. The molecule has 0 fully saturated rings. The fourth-order valence-electron chi connectivity index (χ4n) is 7.61. The summed E-state index contributed by atoms with van der Waals surface area (Å²) in [6, 6.07) is 66.9. The Labute approximate surface area is 290 Å². The van der Waals surface area contributed by atoms with Crippen LogP contribution in [0.25, 0.3) is 11.1 Å². The molecule has 2 aliphatic rings. The molecule has 236 valence electrons. The van der Waals surface area contributed by atoms with Crippen molar-refractivity contribution in [1.82, 2.24) is 0 Å². The Morgan fingerprint density at radius 1 is 0.367 bits per heavy atom. The highest BCUT2D eigenvalue weighted by molar-refractivity contribution is 7.90. The zero-order valence-corrected chi connectivity index (χ0v) is 28.7. The van der Waals surface area contributed by atoms with E-state index in [9.17, 15) is 0 Å². The molecule has 0 atom stereocenters. The summed E-state index contributed by atoms with van der Waals surface area (Å²) in [5.41, 5.74) is 7.20. The third-order valence-electron chi connectivity index (χ3n) is 9.54. The van der Waals surface area contributed by atoms with Crippen molar-refractivity contribution < 1.29 is 9.47 Å². The molecule has 2 nitrogen and oxygen atoms in total. The van der Waals surface area contributed by atoms with Crippen LogP contribution in [-0.2, 0) is 18.1 Å². The molecule has 0 aromatic heterocycles. The lowest BCUT2D eigenvalue weighted by Crippen LogP contribution is -2.37. The molecule has 2 bridgehead atoms. The van der Waals surface area contributed by atoms with Crippen molar-refractivity contribution in [2.45, 2.75) is 18.1 Å². The smallest absolute Gasteiger partial charge is 0.128 e. The van der Waals surface area contributed by atoms with Gasteiger partial charge in [-0.25, -0.2) is 0 Å². The molecule has 0 N–H and O–H groups in total. The van der Waals surface area contributed by atoms with Gasteiger partial charge in [-0.05, 0) is 77.5 Å². The maximum Gasteiger partial charge on any atom is 0.128 e. The van der Waals surface area contributed by atoms with Gasteiger partial charge in [-0.2, -0.15) is 0 Å². The van der Waals surface area contributed by atoms with Crippen LogP contribution < -0.4 is 30.7 Å². The van der Waals surface area contributed by atoms with Crippen molar-refractivity contribution in [3.8, 4) is 22.6 Å². The molecule has 0 saturated carbocycles. The predicted octanol–water partition coefficient (Wildman–Crippen LogP) is 9.61. The van der Waals surface area contributed by atoms with Crippen LogP contribution in [0.4, 0.5) is 0 Å². The van der Waals surface area contributed by atoms with Crippen LogP contribution in [0.5, 0.6) is 11.5 Å². The van der Waals surface area contributed by atoms with Crippen molar-refractivity contribution in [3.05, 3.63) is 204 Å². The molecule has 1 aliphatic heterocycles. The van der Waals surface area contributed by atoms with Crippen molar-refractivity contribution in [2.75, 3.05) is 0 Å². The first-order valence-corrected chi connectivity index (χ1v) is 19.4. The van der Waals surface area contributed by atoms with Gasteiger partial charge in [-0.15, -0.1) is 0 Å². The van der Waals surface area contributed by atoms with Crippen LogP contribution in [0.1, 0.15) is 22.3 Å². The first-order valence-electron chi connectivity index (χ1n) is 16.7. The van der Waals surface area contributed by atoms with Gasteiger partial charge in [-0.3, -0.25) is 0 Å². The van der Waals surface area contributed by atoms with E-state index >= 15 is 0 Å². The summed E-state index contributed by atoms with van der Waals surface area (Å²) in [6.07, 6.45) is 0. The van der Waals surface area contributed by atoms with Gasteiger partial charge in [0.25, 0.3) is 0 Å². The lowest BCUT2D eigenvalue weighted by Gasteiger charge is -2.47. The zero-order chi connectivity index (χ0) is 32.6. The molecule has 0 radical (unpaired) electrons. The van der Waals surface area contributed by atoms with E-state index in [0.717, 1.165) is 33.8 Å². The van der Waals surface area contributed by atoms with Crippen molar-refractivity contribution >= 4 is 37.1 Å². The summed E-state index contributed by atoms with van der Waals surface area (Å²) in [6.45, 7) is 0.986. The van der Waals surface area contributed by atoms with Crippen LogP contribution in [0.2, 0.25) is 0 Å². The number of hydrogen-bond donors (Lipinski definition) is 0.